The minimum absolute atomic E-state index is 0.523. The summed E-state index contributed by atoms with van der Waals surface area (Å²) in [7, 11) is 1.97. The number of hydrogen-bond donors (Lipinski definition) is 1. The van der Waals surface area contributed by atoms with Crippen molar-refractivity contribution in [1.29, 1.82) is 0 Å². The lowest BCUT2D eigenvalue weighted by Crippen LogP contribution is -1.95. The first-order chi connectivity index (χ1) is 13.8. The average molecular weight is 370 g/mol. The van der Waals surface area contributed by atoms with Crippen LogP contribution in [0.2, 0.25) is 0 Å². The zero-order chi connectivity index (χ0) is 19.1. The maximum Gasteiger partial charge on any atom is 0.197 e. The van der Waals surface area contributed by atoms with Gasteiger partial charge in [-0.15, -0.1) is 0 Å². The molecule has 5 aromatic rings. The molecule has 1 aromatic carbocycles. The minimum atomic E-state index is 0.523. The molecule has 0 saturated heterocycles. The van der Waals surface area contributed by atoms with Crippen LogP contribution in [0.1, 0.15) is 12.6 Å². The van der Waals surface area contributed by atoms with Crippen molar-refractivity contribution in [3.05, 3.63) is 60.8 Å². The number of nitrogens with zero attached hydrogens (tertiary/aromatic N) is 5. The Morgan fingerprint density at radius 1 is 1.07 bits per heavy atom. The molecule has 28 heavy (non-hydrogen) atoms. The molecule has 0 amide bonds. The van der Waals surface area contributed by atoms with Crippen molar-refractivity contribution in [2.75, 3.05) is 5.32 Å². The van der Waals surface area contributed by atoms with Crippen LogP contribution in [0, 0.1) is 0 Å². The third-order valence-electron chi connectivity index (χ3n) is 4.81. The van der Waals surface area contributed by atoms with E-state index in [0.717, 1.165) is 39.8 Å². The number of nitrogens with one attached hydrogen (secondary N) is 1. The number of aromatic nitrogens is 5. The standard InChI is InChI=1S/C21H18N6O/c1-3-14-18-15(6-4-7-16(18)27(2)26-14)25-19-13-8-11-22-12-17(13)28-20(19)21-23-9-5-10-24-21/h4-12,25H,3H2,1-2H3. The Bertz CT molecular complexity index is 1290. The van der Waals surface area contributed by atoms with Gasteiger partial charge in [-0.25, -0.2) is 9.97 Å². The van der Waals surface area contributed by atoms with Gasteiger partial charge < -0.3 is 9.73 Å². The molecule has 7 heteroatoms. The summed E-state index contributed by atoms with van der Waals surface area (Å²) in [5.41, 5.74) is 4.60. The van der Waals surface area contributed by atoms with Crippen LogP contribution in [-0.4, -0.2) is 24.7 Å². The van der Waals surface area contributed by atoms with Gasteiger partial charge in [-0.2, -0.15) is 5.10 Å². The highest BCUT2D eigenvalue weighted by Gasteiger charge is 2.20. The first-order valence-electron chi connectivity index (χ1n) is 9.11. The molecule has 0 unspecified atom stereocenters. The lowest BCUT2D eigenvalue weighted by Gasteiger charge is -2.09. The highest BCUT2D eigenvalue weighted by Crippen LogP contribution is 2.39. The van der Waals surface area contributed by atoms with Gasteiger partial charge in [-0.3, -0.25) is 9.67 Å². The monoisotopic (exact) mass is 370 g/mol. The van der Waals surface area contributed by atoms with Gasteiger partial charge in [-0.05, 0) is 30.7 Å². The van der Waals surface area contributed by atoms with Crippen molar-refractivity contribution >= 4 is 33.2 Å². The van der Waals surface area contributed by atoms with E-state index in [1.54, 1.807) is 30.9 Å². The van der Waals surface area contributed by atoms with Crippen molar-refractivity contribution in [1.82, 2.24) is 24.7 Å². The summed E-state index contributed by atoms with van der Waals surface area (Å²) in [6, 6.07) is 9.86. The fraction of sp³-hybridized carbons (Fsp3) is 0.143. The summed E-state index contributed by atoms with van der Waals surface area (Å²) in [6.45, 7) is 2.11. The molecule has 1 N–H and O–H groups in total. The van der Waals surface area contributed by atoms with Gasteiger partial charge in [0, 0.05) is 42.1 Å². The smallest absolute Gasteiger partial charge is 0.197 e. The molecule has 0 atom stereocenters. The normalized spacial score (nSPS) is 11.4. The molecule has 0 bridgehead atoms. The summed E-state index contributed by atoms with van der Waals surface area (Å²) >= 11 is 0. The number of rotatable bonds is 4. The molecular formula is C21H18N6O. The van der Waals surface area contributed by atoms with E-state index in [2.05, 4.69) is 44.4 Å². The molecule has 138 valence electrons. The number of pyridine rings is 1. The number of anilines is 2. The summed E-state index contributed by atoms with van der Waals surface area (Å²) in [5, 5.41) is 10.3. The molecule has 0 aliphatic rings. The zero-order valence-corrected chi connectivity index (χ0v) is 15.5. The molecule has 0 fully saturated rings. The first kappa shape index (κ1) is 16.4. The predicted octanol–water partition coefficient (Wildman–Crippen LogP) is 4.48. The van der Waals surface area contributed by atoms with E-state index in [9.17, 15) is 0 Å². The van der Waals surface area contributed by atoms with Crippen LogP contribution in [0.25, 0.3) is 33.5 Å². The molecular weight excluding hydrogens is 352 g/mol. The lowest BCUT2D eigenvalue weighted by atomic mass is 10.1. The Balaban J connectivity index is 1.74. The molecule has 4 heterocycles. The number of benzene rings is 1. The summed E-state index contributed by atoms with van der Waals surface area (Å²) in [4.78, 5) is 12.9. The number of aryl methyl sites for hydroxylation is 2. The number of hydrogen-bond acceptors (Lipinski definition) is 6. The van der Waals surface area contributed by atoms with Crippen LogP contribution in [0.15, 0.2) is 59.5 Å². The molecule has 5 rings (SSSR count). The molecule has 0 saturated carbocycles. The Morgan fingerprint density at radius 2 is 1.93 bits per heavy atom. The van der Waals surface area contributed by atoms with E-state index in [1.807, 2.05) is 23.9 Å². The Hall–Kier alpha value is -3.74. The Kier molecular flexibility index (Phi) is 3.79. The van der Waals surface area contributed by atoms with E-state index in [1.165, 1.54) is 0 Å². The predicted molar refractivity (Wildman–Crippen MR) is 108 cm³/mol. The van der Waals surface area contributed by atoms with Gasteiger partial charge in [0.25, 0.3) is 0 Å². The fourth-order valence-corrected chi connectivity index (χ4v) is 3.53. The van der Waals surface area contributed by atoms with E-state index < -0.39 is 0 Å². The average Bonchev–Trinajstić information content (AvgIpc) is 3.27. The Morgan fingerprint density at radius 3 is 2.75 bits per heavy atom. The molecule has 0 aliphatic carbocycles. The molecule has 0 spiro atoms. The fourth-order valence-electron chi connectivity index (χ4n) is 3.53. The van der Waals surface area contributed by atoms with Gasteiger partial charge in [0.2, 0.25) is 0 Å². The van der Waals surface area contributed by atoms with Crippen LogP contribution >= 0.6 is 0 Å². The highest BCUT2D eigenvalue weighted by molar-refractivity contribution is 6.03. The second kappa shape index (κ2) is 6.45. The van der Waals surface area contributed by atoms with Crippen molar-refractivity contribution < 1.29 is 4.42 Å². The van der Waals surface area contributed by atoms with E-state index in [0.29, 0.717) is 17.2 Å². The Labute approximate surface area is 161 Å². The molecule has 7 nitrogen and oxygen atoms in total. The van der Waals surface area contributed by atoms with Gasteiger partial charge >= 0.3 is 0 Å². The maximum absolute atomic E-state index is 6.06. The van der Waals surface area contributed by atoms with Gasteiger partial charge in [0.1, 0.15) is 0 Å². The first-order valence-corrected chi connectivity index (χ1v) is 9.11. The molecule has 0 radical (unpaired) electrons. The topological polar surface area (TPSA) is 81.7 Å². The summed E-state index contributed by atoms with van der Waals surface area (Å²) in [5.74, 6) is 1.11. The van der Waals surface area contributed by atoms with Gasteiger partial charge in [0.15, 0.2) is 17.2 Å². The van der Waals surface area contributed by atoms with E-state index in [4.69, 9.17) is 4.42 Å². The number of furan rings is 1. The largest absolute Gasteiger partial charge is 0.449 e. The van der Waals surface area contributed by atoms with Crippen LogP contribution in [0.3, 0.4) is 0 Å². The quantitative estimate of drug-likeness (QED) is 0.502. The van der Waals surface area contributed by atoms with Crippen LogP contribution in [-0.2, 0) is 13.5 Å². The second-order valence-electron chi connectivity index (χ2n) is 6.50. The van der Waals surface area contributed by atoms with Crippen LogP contribution in [0.5, 0.6) is 0 Å². The minimum Gasteiger partial charge on any atom is -0.449 e. The van der Waals surface area contributed by atoms with Crippen LogP contribution < -0.4 is 5.32 Å². The molecule has 0 aliphatic heterocycles. The van der Waals surface area contributed by atoms with Crippen molar-refractivity contribution in [3.8, 4) is 11.6 Å². The zero-order valence-electron chi connectivity index (χ0n) is 15.5. The SMILES string of the molecule is CCc1nn(C)c2cccc(Nc3c(-c4ncccn4)oc4cnccc34)c12. The van der Waals surface area contributed by atoms with Crippen molar-refractivity contribution in [2.45, 2.75) is 13.3 Å². The van der Waals surface area contributed by atoms with E-state index in [-0.39, 0.29) is 0 Å². The lowest BCUT2D eigenvalue weighted by molar-refractivity contribution is 0.624. The molecule has 4 aromatic heterocycles. The highest BCUT2D eigenvalue weighted by atomic mass is 16.3. The second-order valence-corrected chi connectivity index (χ2v) is 6.50. The third-order valence-corrected chi connectivity index (χ3v) is 4.81. The van der Waals surface area contributed by atoms with Crippen molar-refractivity contribution in [2.24, 2.45) is 7.05 Å². The third kappa shape index (κ3) is 2.51. The van der Waals surface area contributed by atoms with E-state index >= 15 is 0 Å². The maximum atomic E-state index is 6.06. The summed E-state index contributed by atoms with van der Waals surface area (Å²) in [6.07, 6.45) is 7.71. The van der Waals surface area contributed by atoms with Gasteiger partial charge in [-0.1, -0.05) is 13.0 Å². The van der Waals surface area contributed by atoms with Crippen molar-refractivity contribution in [3.63, 3.8) is 0 Å². The van der Waals surface area contributed by atoms with Crippen LogP contribution in [0.4, 0.5) is 11.4 Å². The van der Waals surface area contributed by atoms with Gasteiger partial charge in [0.05, 0.1) is 23.1 Å². The number of fused-ring (bicyclic) bond motifs is 2. The summed E-state index contributed by atoms with van der Waals surface area (Å²) < 4.78 is 7.98.